The normalized spacial score (nSPS) is 10.9. The number of fused-ring (bicyclic) bond motifs is 1. The van der Waals surface area contributed by atoms with Crippen LogP contribution >= 0.6 is 11.6 Å². The number of aliphatic carboxylic acids is 1. The zero-order valence-corrected chi connectivity index (χ0v) is 10.1. The average Bonchev–Trinajstić information content (AvgIpc) is 2.37. The fourth-order valence-corrected chi connectivity index (χ4v) is 1.73. The number of pyridine rings is 1. The molecule has 0 radical (unpaired) electrons. The van der Waals surface area contributed by atoms with Crippen molar-refractivity contribution in [2.45, 2.75) is 0 Å². The summed E-state index contributed by atoms with van der Waals surface area (Å²) in [4.78, 5) is 14.5. The maximum absolute atomic E-state index is 10.3. The lowest BCUT2D eigenvalue weighted by atomic mass is 10.2. The number of benzene rings is 1. The highest BCUT2D eigenvalue weighted by Crippen LogP contribution is 2.29. The van der Waals surface area contributed by atoms with E-state index in [0.717, 1.165) is 11.5 Å². The van der Waals surface area contributed by atoms with Crippen LogP contribution in [0.5, 0.6) is 5.75 Å². The molecular weight excluding hydrogens is 254 g/mol. The minimum absolute atomic E-state index is 0.166. The third kappa shape index (κ3) is 2.78. The van der Waals surface area contributed by atoms with Gasteiger partial charge in [0.2, 0.25) is 0 Å². The molecule has 0 unspecified atom stereocenters. The Labute approximate surface area is 108 Å². The van der Waals surface area contributed by atoms with Crippen LogP contribution in [-0.4, -0.2) is 22.7 Å². The lowest BCUT2D eigenvalue weighted by Crippen LogP contribution is -1.97. The molecule has 92 valence electrons. The van der Waals surface area contributed by atoms with Gasteiger partial charge < -0.3 is 9.84 Å². The Morgan fingerprint density at radius 2 is 2.28 bits per heavy atom. The fourth-order valence-electron chi connectivity index (χ4n) is 1.52. The van der Waals surface area contributed by atoms with Crippen molar-refractivity contribution in [2.75, 3.05) is 6.61 Å². The molecule has 1 N–H and O–H groups in total. The molecule has 1 heterocycles. The second kappa shape index (κ2) is 5.51. The zero-order valence-electron chi connectivity index (χ0n) is 9.34. The highest BCUT2D eigenvalue weighted by molar-refractivity contribution is 6.35. The number of carbonyl (C=O) groups is 1. The Morgan fingerprint density at radius 1 is 1.44 bits per heavy atom. The van der Waals surface area contributed by atoms with E-state index in [1.807, 2.05) is 6.07 Å². The number of hydrogen-bond donors (Lipinski definition) is 1. The van der Waals surface area contributed by atoms with Gasteiger partial charge in [0.1, 0.15) is 17.9 Å². The largest absolute Gasteiger partial charge is 0.487 e. The predicted molar refractivity (Wildman–Crippen MR) is 69.0 cm³/mol. The van der Waals surface area contributed by atoms with Crippen LogP contribution in [0.15, 0.2) is 42.6 Å². The summed E-state index contributed by atoms with van der Waals surface area (Å²) in [5.74, 6) is -0.428. The van der Waals surface area contributed by atoms with Gasteiger partial charge in [-0.3, -0.25) is 4.98 Å². The van der Waals surface area contributed by atoms with Gasteiger partial charge in [0.25, 0.3) is 0 Å². The molecule has 1 aromatic heterocycles. The van der Waals surface area contributed by atoms with Crippen molar-refractivity contribution in [1.29, 1.82) is 0 Å². The smallest absolute Gasteiger partial charge is 0.328 e. The summed E-state index contributed by atoms with van der Waals surface area (Å²) in [5.41, 5.74) is 0.661. The zero-order chi connectivity index (χ0) is 13.0. The van der Waals surface area contributed by atoms with E-state index in [-0.39, 0.29) is 6.61 Å². The van der Waals surface area contributed by atoms with Gasteiger partial charge in [0.05, 0.1) is 5.02 Å². The van der Waals surface area contributed by atoms with E-state index < -0.39 is 5.97 Å². The lowest BCUT2D eigenvalue weighted by Gasteiger charge is -2.07. The molecule has 4 nitrogen and oxygen atoms in total. The predicted octanol–water partition coefficient (Wildman–Crippen LogP) is 2.91. The topological polar surface area (TPSA) is 59.4 Å². The second-order valence-corrected chi connectivity index (χ2v) is 3.90. The van der Waals surface area contributed by atoms with Crippen LogP contribution in [0.1, 0.15) is 0 Å². The van der Waals surface area contributed by atoms with Crippen molar-refractivity contribution in [1.82, 2.24) is 4.98 Å². The summed E-state index contributed by atoms with van der Waals surface area (Å²) in [6.07, 6.45) is 4.11. The van der Waals surface area contributed by atoms with Gasteiger partial charge >= 0.3 is 5.97 Å². The number of rotatable bonds is 4. The Hall–Kier alpha value is -2.07. The molecule has 0 fully saturated rings. The summed E-state index contributed by atoms with van der Waals surface area (Å²) in [6, 6.07) is 7.08. The van der Waals surface area contributed by atoms with Gasteiger partial charge in [-0.05, 0) is 30.3 Å². The SMILES string of the molecule is O=C(O)/C=C/COc1ccc(Cl)c2cccnc12. The highest BCUT2D eigenvalue weighted by atomic mass is 35.5. The van der Waals surface area contributed by atoms with Crippen molar-refractivity contribution >= 4 is 28.5 Å². The van der Waals surface area contributed by atoms with E-state index in [0.29, 0.717) is 16.3 Å². The van der Waals surface area contributed by atoms with E-state index in [1.165, 1.54) is 6.08 Å². The molecule has 0 amide bonds. The molecule has 0 spiro atoms. The van der Waals surface area contributed by atoms with Crippen molar-refractivity contribution < 1.29 is 14.6 Å². The maximum atomic E-state index is 10.3. The van der Waals surface area contributed by atoms with Gasteiger partial charge in [-0.25, -0.2) is 4.79 Å². The average molecular weight is 264 g/mol. The third-order valence-electron chi connectivity index (χ3n) is 2.27. The summed E-state index contributed by atoms with van der Waals surface area (Å²) < 4.78 is 5.45. The summed E-state index contributed by atoms with van der Waals surface area (Å²) >= 11 is 6.04. The minimum Gasteiger partial charge on any atom is -0.487 e. The minimum atomic E-state index is -1.00. The Bertz CT molecular complexity index is 610. The molecule has 2 aromatic rings. The monoisotopic (exact) mass is 263 g/mol. The lowest BCUT2D eigenvalue weighted by molar-refractivity contribution is -0.131. The van der Waals surface area contributed by atoms with E-state index >= 15 is 0 Å². The van der Waals surface area contributed by atoms with Gasteiger partial charge in [0, 0.05) is 17.7 Å². The number of carboxylic acids is 1. The number of ether oxygens (including phenoxy) is 1. The standard InChI is InChI=1S/C13H10ClNO3/c14-10-5-6-11(18-8-2-4-12(16)17)13-9(10)3-1-7-15-13/h1-7H,8H2,(H,16,17)/b4-2+. The van der Waals surface area contributed by atoms with Crippen LogP contribution in [0.2, 0.25) is 5.02 Å². The molecule has 5 heteroatoms. The van der Waals surface area contributed by atoms with Crippen LogP contribution in [0.25, 0.3) is 10.9 Å². The molecule has 0 aliphatic carbocycles. The molecule has 2 rings (SSSR count). The molecule has 0 saturated heterocycles. The van der Waals surface area contributed by atoms with Crippen LogP contribution in [0, 0.1) is 0 Å². The Kier molecular flexibility index (Phi) is 3.79. The van der Waals surface area contributed by atoms with Crippen molar-refractivity contribution in [3.63, 3.8) is 0 Å². The first-order chi connectivity index (χ1) is 8.68. The third-order valence-corrected chi connectivity index (χ3v) is 2.60. The quantitative estimate of drug-likeness (QED) is 0.862. The van der Waals surface area contributed by atoms with E-state index in [9.17, 15) is 4.79 Å². The van der Waals surface area contributed by atoms with Gasteiger partial charge in [0.15, 0.2) is 0 Å². The van der Waals surface area contributed by atoms with Crippen molar-refractivity contribution in [2.24, 2.45) is 0 Å². The fraction of sp³-hybridized carbons (Fsp3) is 0.0769. The molecule has 0 atom stereocenters. The van der Waals surface area contributed by atoms with Gasteiger partial charge in [-0.15, -0.1) is 0 Å². The summed E-state index contributed by atoms with van der Waals surface area (Å²) in [6.45, 7) is 0.166. The molecule has 0 saturated carbocycles. The molecular formula is C13H10ClNO3. The maximum Gasteiger partial charge on any atom is 0.328 e. The van der Waals surface area contributed by atoms with Gasteiger partial charge in [-0.1, -0.05) is 11.6 Å². The van der Waals surface area contributed by atoms with E-state index in [1.54, 1.807) is 24.4 Å². The number of carboxylic acid groups (broad SMARTS) is 1. The first-order valence-corrected chi connectivity index (χ1v) is 5.62. The molecule has 0 bridgehead atoms. The second-order valence-electron chi connectivity index (χ2n) is 3.50. The van der Waals surface area contributed by atoms with Gasteiger partial charge in [-0.2, -0.15) is 0 Å². The first kappa shape index (κ1) is 12.4. The Morgan fingerprint density at radius 3 is 3.06 bits per heavy atom. The molecule has 18 heavy (non-hydrogen) atoms. The van der Waals surface area contributed by atoms with E-state index in [2.05, 4.69) is 4.98 Å². The van der Waals surface area contributed by atoms with Crippen LogP contribution in [0.3, 0.4) is 0 Å². The molecule has 0 aliphatic rings. The van der Waals surface area contributed by atoms with Crippen LogP contribution < -0.4 is 4.74 Å². The Balaban J connectivity index is 2.24. The van der Waals surface area contributed by atoms with Crippen LogP contribution in [0.4, 0.5) is 0 Å². The summed E-state index contributed by atoms with van der Waals surface area (Å²) in [5, 5.41) is 9.85. The number of nitrogens with zero attached hydrogens (tertiary/aromatic N) is 1. The molecule has 1 aromatic carbocycles. The number of hydrogen-bond acceptors (Lipinski definition) is 3. The first-order valence-electron chi connectivity index (χ1n) is 5.24. The summed E-state index contributed by atoms with van der Waals surface area (Å²) in [7, 11) is 0. The van der Waals surface area contributed by atoms with Crippen molar-refractivity contribution in [3.8, 4) is 5.75 Å². The van der Waals surface area contributed by atoms with Crippen LogP contribution in [-0.2, 0) is 4.79 Å². The number of halogens is 1. The molecule has 0 aliphatic heterocycles. The van der Waals surface area contributed by atoms with E-state index in [4.69, 9.17) is 21.4 Å². The highest BCUT2D eigenvalue weighted by Gasteiger charge is 2.05. The van der Waals surface area contributed by atoms with Crippen molar-refractivity contribution in [3.05, 3.63) is 47.6 Å². The number of aromatic nitrogens is 1.